The lowest BCUT2D eigenvalue weighted by atomic mass is 9.88. The van der Waals surface area contributed by atoms with Crippen LogP contribution in [0.1, 0.15) is 29.0 Å². The highest BCUT2D eigenvalue weighted by atomic mass is 32.1. The van der Waals surface area contributed by atoms with Gasteiger partial charge in [0.1, 0.15) is 0 Å². The van der Waals surface area contributed by atoms with Crippen LogP contribution in [0, 0.1) is 6.92 Å². The molecule has 2 aliphatic rings. The van der Waals surface area contributed by atoms with Crippen LogP contribution in [0.2, 0.25) is 0 Å². The van der Waals surface area contributed by atoms with Crippen molar-refractivity contribution in [3.05, 3.63) is 21.9 Å². The minimum atomic E-state index is 0.413. The Kier molecular flexibility index (Phi) is 4.22. The van der Waals surface area contributed by atoms with E-state index in [1.54, 1.807) is 0 Å². The van der Waals surface area contributed by atoms with Crippen LogP contribution in [0.4, 0.5) is 0 Å². The summed E-state index contributed by atoms with van der Waals surface area (Å²) in [4.78, 5) is 5.47. The summed E-state index contributed by atoms with van der Waals surface area (Å²) >= 11 is 1.91. The maximum atomic E-state index is 5.95. The van der Waals surface area contributed by atoms with E-state index in [4.69, 9.17) is 9.47 Å². The topological polar surface area (TPSA) is 21.7 Å². The van der Waals surface area contributed by atoms with E-state index in [0.29, 0.717) is 18.2 Å². The van der Waals surface area contributed by atoms with Crippen molar-refractivity contribution in [2.75, 3.05) is 20.3 Å². The lowest BCUT2D eigenvalue weighted by Crippen LogP contribution is -2.54. The summed E-state index contributed by atoms with van der Waals surface area (Å²) in [5.74, 6) is 0. The van der Waals surface area contributed by atoms with Crippen molar-refractivity contribution in [3.8, 4) is 0 Å². The third-order valence-electron chi connectivity index (χ3n) is 4.37. The molecule has 3 nitrogen and oxygen atoms in total. The molecule has 106 valence electrons. The normalized spacial score (nSPS) is 32.2. The number of hydrogen-bond acceptors (Lipinski definition) is 4. The Labute approximate surface area is 119 Å². The number of rotatable bonds is 3. The number of morpholine rings is 1. The molecule has 3 atom stereocenters. The van der Waals surface area contributed by atoms with Gasteiger partial charge in [-0.3, -0.25) is 4.90 Å². The van der Waals surface area contributed by atoms with E-state index >= 15 is 0 Å². The van der Waals surface area contributed by atoms with Crippen LogP contribution >= 0.6 is 11.3 Å². The van der Waals surface area contributed by atoms with Crippen LogP contribution < -0.4 is 0 Å². The molecule has 0 aromatic carbocycles. The predicted octanol–water partition coefficient (Wildman–Crippen LogP) is 2.82. The predicted molar refractivity (Wildman–Crippen MR) is 77.6 cm³/mol. The minimum Gasteiger partial charge on any atom is -0.381 e. The van der Waals surface area contributed by atoms with Crippen molar-refractivity contribution in [2.24, 2.45) is 0 Å². The third kappa shape index (κ3) is 3.02. The summed E-state index contributed by atoms with van der Waals surface area (Å²) in [7, 11) is 1.83. The van der Waals surface area contributed by atoms with Crippen molar-refractivity contribution in [3.63, 3.8) is 0 Å². The van der Waals surface area contributed by atoms with Crippen molar-refractivity contribution >= 4 is 11.3 Å². The molecule has 1 saturated carbocycles. The lowest BCUT2D eigenvalue weighted by molar-refractivity contribution is -0.115. The summed E-state index contributed by atoms with van der Waals surface area (Å²) in [5.41, 5.74) is 0. The molecule has 1 saturated heterocycles. The Hall–Kier alpha value is -0.420. The number of methoxy groups -OCH3 is 1. The lowest BCUT2D eigenvalue weighted by Gasteiger charge is -2.45. The zero-order valence-electron chi connectivity index (χ0n) is 11.8. The Morgan fingerprint density at radius 2 is 2.32 bits per heavy atom. The highest BCUT2D eigenvalue weighted by molar-refractivity contribution is 7.11. The molecule has 1 aromatic heterocycles. The van der Waals surface area contributed by atoms with Crippen LogP contribution in [0.5, 0.6) is 0 Å². The summed E-state index contributed by atoms with van der Waals surface area (Å²) in [6.07, 6.45) is 4.23. The fourth-order valence-electron chi connectivity index (χ4n) is 3.33. The maximum Gasteiger partial charge on any atom is 0.0732 e. The molecule has 2 fully saturated rings. The van der Waals surface area contributed by atoms with E-state index in [2.05, 4.69) is 24.0 Å². The Morgan fingerprint density at radius 1 is 1.42 bits per heavy atom. The van der Waals surface area contributed by atoms with E-state index in [1.165, 1.54) is 9.75 Å². The summed E-state index contributed by atoms with van der Waals surface area (Å²) in [6.45, 7) is 5.18. The second-order valence-electron chi connectivity index (χ2n) is 5.63. The Bertz CT molecular complexity index is 420. The highest BCUT2D eigenvalue weighted by Gasteiger charge is 2.37. The van der Waals surface area contributed by atoms with Crippen LogP contribution in [0.3, 0.4) is 0 Å². The van der Waals surface area contributed by atoms with Gasteiger partial charge in [-0.15, -0.1) is 11.3 Å². The maximum absolute atomic E-state index is 5.95. The van der Waals surface area contributed by atoms with Crippen molar-refractivity contribution in [1.82, 2.24) is 4.90 Å². The Morgan fingerprint density at radius 3 is 3.05 bits per heavy atom. The first kappa shape index (κ1) is 13.6. The molecule has 19 heavy (non-hydrogen) atoms. The molecular weight excluding hydrogens is 258 g/mol. The van der Waals surface area contributed by atoms with E-state index in [0.717, 1.165) is 39.0 Å². The van der Waals surface area contributed by atoms with Crippen LogP contribution in [-0.2, 0) is 16.0 Å². The van der Waals surface area contributed by atoms with E-state index in [-0.39, 0.29) is 0 Å². The largest absolute Gasteiger partial charge is 0.381 e. The van der Waals surface area contributed by atoms with Crippen molar-refractivity contribution in [2.45, 2.75) is 51.0 Å². The number of aryl methyl sites for hydroxylation is 1. The molecular formula is C15H23NO2S. The number of hydrogen-bond donors (Lipinski definition) is 0. The standard InChI is InChI=1S/C15H23NO2S/c1-11-3-5-13(19-11)10-16-7-8-18-15-6-4-12(17-2)9-14(15)16/h3,5,12,14-15H,4,6-10H2,1-2H3. The zero-order chi connectivity index (χ0) is 13.2. The molecule has 1 aliphatic heterocycles. The summed E-state index contributed by atoms with van der Waals surface area (Å²) in [6, 6.07) is 5.02. The highest BCUT2D eigenvalue weighted by Crippen LogP contribution is 2.31. The zero-order valence-corrected chi connectivity index (χ0v) is 12.6. The monoisotopic (exact) mass is 281 g/mol. The van der Waals surface area contributed by atoms with E-state index < -0.39 is 0 Å². The second-order valence-corrected chi connectivity index (χ2v) is 7.00. The fraction of sp³-hybridized carbons (Fsp3) is 0.733. The minimum absolute atomic E-state index is 0.413. The average Bonchev–Trinajstić information content (AvgIpc) is 2.84. The quantitative estimate of drug-likeness (QED) is 0.850. The molecule has 3 rings (SSSR count). The molecule has 2 heterocycles. The SMILES string of the molecule is COC1CCC2OCCN(Cc3ccc(C)s3)C2C1. The molecule has 4 heteroatoms. The van der Waals surface area contributed by atoms with Gasteiger partial charge in [-0.05, 0) is 38.3 Å². The first-order valence-electron chi connectivity index (χ1n) is 7.20. The van der Waals surface area contributed by atoms with Gasteiger partial charge in [-0.2, -0.15) is 0 Å². The summed E-state index contributed by atoms with van der Waals surface area (Å²) < 4.78 is 11.5. The molecule has 0 amide bonds. The molecule has 1 aliphatic carbocycles. The number of fused-ring (bicyclic) bond motifs is 1. The smallest absolute Gasteiger partial charge is 0.0732 e. The molecule has 0 bridgehead atoms. The van der Waals surface area contributed by atoms with Gasteiger partial charge >= 0.3 is 0 Å². The van der Waals surface area contributed by atoms with Crippen LogP contribution in [0.15, 0.2) is 12.1 Å². The van der Waals surface area contributed by atoms with Gasteiger partial charge in [0.15, 0.2) is 0 Å². The van der Waals surface area contributed by atoms with E-state index in [1.807, 2.05) is 18.4 Å². The van der Waals surface area contributed by atoms with Gasteiger partial charge in [0.05, 0.1) is 18.8 Å². The molecule has 0 N–H and O–H groups in total. The van der Waals surface area contributed by atoms with E-state index in [9.17, 15) is 0 Å². The van der Waals surface area contributed by atoms with Gasteiger partial charge in [-0.25, -0.2) is 0 Å². The third-order valence-corrected chi connectivity index (χ3v) is 5.36. The molecule has 0 spiro atoms. The van der Waals surface area contributed by atoms with Gasteiger partial charge < -0.3 is 9.47 Å². The molecule has 3 unspecified atom stereocenters. The van der Waals surface area contributed by atoms with Crippen LogP contribution in [-0.4, -0.2) is 43.4 Å². The summed E-state index contributed by atoms with van der Waals surface area (Å²) in [5, 5.41) is 0. The first-order valence-corrected chi connectivity index (χ1v) is 8.01. The fourth-order valence-corrected chi connectivity index (χ4v) is 4.24. The Balaban J connectivity index is 1.69. The van der Waals surface area contributed by atoms with Crippen molar-refractivity contribution in [1.29, 1.82) is 0 Å². The number of ether oxygens (including phenoxy) is 2. The average molecular weight is 281 g/mol. The van der Waals surface area contributed by atoms with Gasteiger partial charge in [0.25, 0.3) is 0 Å². The van der Waals surface area contributed by atoms with Crippen molar-refractivity contribution < 1.29 is 9.47 Å². The number of nitrogens with zero attached hydrogens (tertiary/aromatic N) is 1. The van der Waals surface area contributed by atoms with Gasteiger partial charge in [-0.1, -0.05) is 0 Å². The first-order chi connectivity index (χ1) is 9.26. The molecule has 1 aromatic rings. The van der Waals surface area contributed by atoms with Gasteiger partial charge in [0.2, 0.25) is 0 Å². The van der Waals surface area contributed by atoms with Gasteiger partial charge in [0, 0.05) is 36.0 Å². The number of thiophene rings is 1. The van der Waals surface area contributed by atoms with Crippen LogP contribution in [0.25, 0.3) is 0 Å². The molecule has 0 radical (unpaired) electrons. The second kappa shape index (κ2) is 5.92.